The first-order chi connectivity index (χ1) is 13.2. The van der Waals surface area contributed by atoms with E-state index in [9.17, 15) is 18.0 Å². The van der Waals surface area contributed by atoms with Crippen LogP contribution in [-0.2, 0) is 0 Å². The van der Waals surface area contributed by atoms with E-state index in [1.165, 1.54) is 6.07 Å². The lowest BCUT2D eigenvalue weighted by molar-refractivity contribution is 0.102. The second-order valence-electron chi connectivity index (χ2n) is 6.40. The van der Waals surface area contributed by atoms with Gasteiger partial charge in [-0.15, -0.1) is 0 Å². The van der Waals surface area contributed by atoms with E-state index in [0.29, 0.717) is 5.69 Å². The van der Waals surface area contributed by atoms with Crippen LogP contribution in [0, 0.1) is 38.2 Å². The van der Waals surface area contributed by atoms with Crippen molar-refractivity contribution in [3.8, 4) is 0 Å². The van der Waals surface area contributed by atoms with Gasteiger partial charge in [0, 0.05) is 11.4 Å². The summed E-state index contributed by atoms with van der Waals surface area (Å²) in [5.74, 6) is -5.07. The van der Waals surface area contributed by atoms with Crippen LogP contribution in [0.25, 0.3) is 0 Å². The first-order valence-electron chi connectivity index (χ1n) is 8.39. The van der Waals surface area contributed by atoms with Crippen molar-refractivity contribution in [1.29, 1.82) is 0 Å². The second kappa shape index (κ2) is 7.67. The van der Waals surface area contributed by atoms with Crippen LogP contribution in [-0.4, -0.2) is 15.9 Å². The largest absolute Gasteiger partial charge is 0.324 e. The Morgan fingerprint density at radius 2 is 1.57 bits per heavy atom. The minimum Gasteiger partial charge on any atom is -0.324 e. The van der Waals surface area contributed by atoms with Crippen molar-refractivity contribution < 1.29 is 18.0 Å². The summed E-state index contributed by atoms with van der Waals surface area (Å²) >= 11 is 0. The monoisotopic (exact) mass is 386 g/mol. The van der Waals surface area contributed by atoms with Gasteiger partial charge in [0.2, 0.25) is 5.95 Å². The number of benzene rings is 2. The van der Waals surface area contributed by atoms with Crippen molar-refractivity contribution >= 4 is 23.2 Å². The molecule has 3 rings (SSSR count). The molecule has 0 aliphatic heterocycles. The normalized spacial score (nSPS) is 10.6. The fourth-order valence-electron chi connectivity index (χ4n) is 2.73. The van der Waals surface area contributed by atoms with E-state index in [0.717, 1.165) is 28.9 Å². The number of hydrogen-bond acceptors (Lipinski definition) is 4. The van der Waals surface area contributed by atoms with Crippen molar-refractivity contribution in [1.82, 2.24) is 9.97 Å². The van der Waals surface area contributed by atoms with Crippen LogP contribution in [0.15, 0.2) is 36.4 Å². The SMILES string of the molecule is Cc1cc(C)cc(Nc2nc(C)cc(C(=O)Nc3ccc(F)c(F)c3F)n2)c1. The third kappa shape index (κ3) is 4.28. The number of carbonyl (C=O) groups is 1. The Morgan fingerprint density at radius 1 is 0.893 bits per heavy atom. The molecule has 0 bridgehead atoms. The highest BCUT2D eigenvalue weighted by atomic mass is 19.2. The van der Waals surface area contributed by atoms with Gasteiger partial charge in [0.1, 0.15) is 5.69 Å². The van der Waals surface area contributed by atoms with Crippen LogP contribution in [0.4, 0.5) is 30.5 Å². The predicted molar refractivity (Wildman–Crippen MR) is 100 cm³/mol. The maximum Gasteiger partial charge on any atom is 0.274 e. The third-order valence-electron chi connectivity index (χ3n) is 3.85. The number of rotatable bonds is 4. The first-order valence-corrected chi connectivity index (χ1v) is 8.39. The second-order valence-corrected chi connectivity index (χ2v) is 6.40. The number of hydrogen-bond donors (Lipinski definition) is 2. The van der Waals surface area contributed by atoms with Crippen LogP contribution in [0.2, 0.25) is 0 Å². The molecule has 8 heteroatoms. The van der Waals surface area contributed by atoms with Gasteiger partial charge in [0.25, 0.3) is 5.91 Å². The molecule has 0 radical (unpaired) electrons. The summed E-state index contributed by atoms with van der Waals surface area (Å²) in [6.07, 6.45) is 0. The minimum atomic E-state index is -1.66. The van der Waals surface area contributed by atoms with Crippen LogP contribution in [0.3, 0.4) is 0 Å². The molecule has 0 saturated carbocycles. The van der Waals surface area contributed by atoms with E-state index in [2.05, 4.69) is 20.6 Å². The molecule has 1 heterocycles. The van der Waals surface area contributed by atoms with E-state index in [-0.39, 0.29) is 11.6 Å². The first kappa shape index (κ1) is 19.3. The van der Waals surface area contributed by atoms with Gasteiger partial charge in [0.15, 0.2) is 17.5 Å². The van der Waals surface area contributed by atoms with Crippen molar-refractivity contribution in [3.05, 3.63) is 76.4 Å². The molecule has 5 nitrogen and oxygen atoms in total. The standard InChI is InChI=1S/C20H17F3N4O/c1-10-6-11(2)8-13(7-10)25-20-24-12(3)9-16(27-20)19(28)26-15-5-4-14(21)17(22)18(15)23/h4-9H,1-3H3,(H,26,28)(H,24,25,27). The van der Waals surface area contributed by atoms with Gasteiger partial charge in [-0.3, -0.25) is 4.79 Å². The van der Waals surface area contributed by atoms with Crippen LogP contribution in [0.1, 0.15) is 27.3 Å². The Kier molecular flexibility index (Phi) is 5.30. The molecule has 0 atom stereocenters. The molecular formula is C20H17F3N4O. The topological polar surface area (TPSA) is 66.9 Å². The summed E-state index contributed by atoms with van der Waals surface area (Å²) in [4.78, 5) is 20.8. The van der Waals surface area contributed by atoms with Gasteiger partial charge in [-0.1, -0.05) is 6.07 Å². The highest BCUT2D eigenvalue weighted by molar-refractivity contribution is 6.03. The molecular weight excluding hydrogens is 369 g/mol. The number of nitrogens with one attached hydrogen (secondary N) is 2. The van der Waals surface area contributed by atoms with Crippen LogP contribution in [0.5, 0.6) is 0 Å². The number of aryl methyl sites for hydroxylation is 3. The fraction of sp³-hybridized carbons (Fsp3) is 0.150. The quantitative estimate of drug-likeness (QED) is 0.631. The van der Waals surface area contributed by atoms with Crippen LogP contribution < -0.4 is 10.6 Å². The molecule has 1 aromatic heterocycles. The van der Waals surface area contributed by atoms with E-state index in [1.807, 2.05) is 32.0 Å². The molecule has 0 saturated heterocycles. The summed E-state index contributed by atoms with van der Waals surface area (Å²) in [7, 11) is 0. The van der Waals surface area contributed by atoms with Crippen molar-refractivity contribution in [2.24, 2.45) is 0 Å². The highest BCUT2D eigenvalue weighted by Gasteiger charge is 2.17. The van der Waals surface area contributed by atoms with Gasteiger partial charge >= 0.3 is 0 Å². The van der Waals surface area contributed by atoms with E-state index >= 15 is 0 Å². The molecule has 0 fully saturated rings. The fourth-order valence-corrected chi connectivity index (χ4v) is 2.73. The molecule has 0 aliphatic carbocycles. The number of nitrogens with zero attached hydrogens (tertiary/aromatic N) is 2. The highest BCUT2D eigenvalue weighted by Crippen LogP contribution is 2.21. The molecule has 0 spiro atoms. The lowest BCUT2D eigenvalue weighted by Crippen LogP contribution is -2.17. The smallest absolute Gasteiger partial charge is 0.274 e. The summed E-state index contributed by atoms with van der Waals surface area (Å²) in [6.45, 7) is 5.57. The molecule has 3 aromatic rings. The van der Waals surface area contributed by atoms with Gasteiger partial charge in [-0.25, -0.2) is 23.1 Å². The summed E-state index contributed by atoms with van der Waals surface area (Å²) in [6, 6.07) is 8.88. The lowest BCUT2D eigenvalue weighted by Gasteiger charge is -2.11. The van der Waals surface area contributed by atoms with Crippen LogP contribution >= 0.6 is 0 Å². The summed E-state index contributed by atoms with van der Waals surface area (Å²) < 4.78 is 40.2. The molecule has 144 valence electrons. The Morgan fingerprint density at radius 3 is 2.25 bits per heavy atom. The Balaban J connectivity index is 1.86. The molecule has 1 amide bonds. The van der Waals surface area contributed by atoms with Gasteiger partial charge in [-0.05, 0) is 62.2 Å². The molecule has 2 aromatic carbocycles. The zero-order valence-electron chi connectivity index (χ0n) is 15.4. The zero-order valence-corrected chi connectivity index (χ0v) is 15.4. The molecule has 0 aliphatic rings. The number of halogens is 3. The Bertz CT molecular complexity index is 1050. The third-order valence-corrected chi connectivity index (χ3v) is 3.85. The maximum absolute atomic E-state index is 13.8. The number of carbonyl (C=O) groups excluding carboxylic acids is 1. The van der Waals surface area contributed by atoms with Crippen molar-refractivity contribution in [3.63, 3.8) is 0 Å². The van der Waals surface area contributed by atoms with E-state index < -0.39 is 29.0 Å². The number of anilines is 3. The van der Waals surface area contributed by atoms with E-state index in [4.69, 9.17) is 0 Å². The summed E-state index contributed by atoms with van der Waals surface area (Å²) in [5.41, 5.74) is 2.80. The Hall–Kier alpha value is -3.42. The maximum atomic E-state index is 13.8. The van der Waals surface area contributed by atoms with Gasteiger partial charge < -0.3 is 10.6 Å². The van der Waals surface area contributed by atoms with Gasteiger partial charge in [0.05, 0.1) is 5.69 Å². The average Bonchev–Trinajstić information content (AvgIpc) is 2.60. The lowest BCUT2D eigenvalue weighted by atomic mass is 10.1. The molecule has 0 unspecified atom stereocenters. The average molecular weight is 386 g/mol. The zero-order chi connectivity index (χ0) is 20.4. The Labute approximate surface area is 159 Å². The van der Waals surface area contributed by atoms with Gasteiger partial charge in [-0.2, -0.15) is 0 Å². The summed E-state index contributed by atoms with van der Waals surface area (Å²) in [5, 5.41) is 5.22. The minimum absolute atomic E-state index is 0.0523. The van der Waals surface area contributed by atoms with E-state index in [1.54, 1.807) is 6.92 Å². The molecule has 2 N–H and O–H groups in total. The molecule has 28 heavy (non-hydrogen) atoms. The van der Waals surface area contributed by atoms with Crippen molar-refractivity contribution in [2.75, 3.05) is 10.6 Å². The number of aromatic nitrogens is 2. The predicted octanol–water partition coefficient (Wildman–Crippen LogP) is 4.82. The van der Waals surface area contributed by atoms with Crippen molar-refractivity contribution in [2.45, 2.75) is 20.8 Å². The number of amides is 1.